The first kappa shape index (κ1) is 22.7. The van der Waals surface area contributed by atoms with Gasteiger partial charge in [0.1, 0.15) is 11.5 Å². The van der Waals surface area contributed by atoms with Gasteiger partial charge in [-0.2, -0.15) is 18.3 Å². The number of hydrogen-bond acceptors (Lipinski definition) is 7. The summed E-state index contributed by atoms with van der Waals surface area (Å²) in [6, 6.07) is 3.12. The number of halogens is 3. The van der Waals surface area contributed by atoms with Crippen molar-refractivity contribution < 1.29 is 22.7 Å². The Hall–Kier alpha value is -4.06. The number of alkyl halides is 3. The fourth-order valence-corrected chi connectivity index (χ4v) is 4.12. The van der Waals surface area contributed by atoms with E-state index in [1.165, 1.54) is 28.0 Å². The van der Waals surface area contributed by atoms with Crippen LogP contribution in [0.15, 0.2) is 43.0 Å². The lowest BCUT2D eigenvalue weighted by atomic mass is 10.0. The molecule has 1 amide bonds. The molecule has 5 heterocycles. The van der Waals surface area contributed by atoms with E-state index in [1.54, 1.807) is 26.2 Å². The van der Waals surface area contributed by atoms with Crippen LogP contribution >= 0.6 is 0 Å². The predicted molar refractivity (Wildman–Crippen MR) is 120 cm³/mol. The van der Waals surface area contributed by atoms with Crippen LogP contribution in [0.1, 0.15) is 45.8 Å². The molecule has 0 aliphatic carbocycles. The molecule has 35 heavy (non-hydrogen) atoms. The van der Waals surface area contributed by atoms with Gasteiger partial charge < -0.3 is 10.5 Å². The summed E-state index contributed by atoms with van der Waals surface area (Å²) in [6.45, 7) is 2.36. The van der Waals surface area contributed by atoms with E-state index in [0.29, 0.717) is 35.6 Å². The number of anilines is 2. The largest absolute Gasteiger partial charge is 0.417 e. The topological polar surface area (TPSA) is 112 Å². The highest BCUT2D eigenvalue weighted by Gasteiger charge is 2.32. The van der Waals surface area contributed by atoms with Gasteiger partial charge in [0.15, 0.2) is 0 Å². The predicted octanol–water partition coefficient (Wildman–Crippen LogP) is 3.80. The molecule has 0 radical (unpaired) electrons. The van der Waals surface area contributed by atoms with E-state index in [1.807, 2.05) is 0 Å². The number of pyridine rings is 3. The van der Waals surface area contributed by atoms with E-state index in [2.05, 4.69) is 20.1 Å². The van der Waals surface area contributed by atoms with Crippen LogP contribution in [-0.2, 0) is 31.2 Å². The number of aryl methyl sites for hydroxylation is 1. The molecule has 4 aromatic rings. The Kier molecular flexibility index (Phi) is 5.39. The van der Waals surface area contributed by atoms with E-state index < -0.39 is 23.7 Å². The van der Waals surface area contributed by atoms with Crippen molar-refractivity contribution in [3.63, 3.8) is 0 Å². The number of ether oxygens (including phenoxy) is 1. The number of nitrogen functional groups attached to an aromatic ring is 1. The molecule has 1 atom stereocenters. The summed E-state index contributed by atoms with van der Waals surface area (Å²) < 4.78 is 46.0. The lowest BCUT2D eigenvalue weighted by molar-refractivity contribution is -0.137. The maximum Gasteiger partial charge on any atom is 0.417 e. The Morgan fingerprint density at radius 3 is 2.60 bits per heavy atom. The van der Waals surface area contributed by atoms with Gasteiger partial charge in [-0.1, -0.05) is 0 Å². The van der Waals surface area contributed by atoms with Crippen LogP contribution in [0.25, 0.3) is 10.9 Å². The van der Waals surface area contributed by atoms with Gasteiger partial charge in [0, 0.05) is 30.4 Å². The van der Waals surface area contributed by atoms with E-state index in [0.717, 1.165) is 23.4 Å². The third-order valence-electron chi connectivity index (χ3n) is 5.95. The molecule has 0 saturated heterocycles. The molecule has 0 aromatic carbocycles. The molecule has 9 nitrogen and oxygen atoms in total. The van der Waals surface area contributed by atoms with E-state index in [4.69, 9.17) is 10.5 Å². The minimum absolute atomic E-state index is 0.126. The molecular weight excluding hydrogens is 463 g/mol. The molecule has 5 rings (SSSR count). The van der Waals surface area contributed by atoms with E-state index in [-0.39, 0.29) is 11.4 Å². The zero-order chi connectivity index (χ0) is 24.9. The van der Waals surface area contributed by atoms with Crippen molar-refractivity contribution in [1.82, 2.24) is 24.7 Å². The van der Waals surface area contributed by atoms with Gasteiger partial charge in [-0.25, -0.2) is 9.97 Å². The molecule has 4 aromatic heterocycles. The first-order valence-electron chi connectivity index (χ1n) is 10.6. The highest BCUT2D eigenvalue weighted by atomic mass is 19.4. The number of aromatic nitrogens is 5. The van der Waals surface area contributed by atoms with Crippen LogP contribution in [0.4, 0.5) is 24.7 Å². The van der Waals surface area contributed by atoms with Gasteiger partial charge in [-0.3, -0.25) is 19.4 Å². The lowest BCUT2D eigenvalue weighted by Gasteiger charge is -2.27. The standard InChI is InChI=1S/C23H20F3N7O2/c1-12(18-4-3-13(6-28-18)23(24,25)26)33(14-7-30-32(2)9-14)22(34)19-5-15-16-10-35-11-17(16)21(27)31-20(15)8-29-19/h3-9,12H,10-11H2,1-2H3,(H2,27,31). The first-order chi connectivity index (χ1) is 16.6. The molecule has 0 fully saturated rings. The molecule has 0 saturated carbocycles. The van der Waals surface area contributed by atoms with Gasteiger partial charge in [0.25, 0.3) is 5.91 Å². The number of nitrogens with zero attached hydrogens (tertiary/aromatic N) is 6. The van der Waals surface area contributed by atoms with Crippen LogP contribution in [0.3, 0.4) is 0 Å². The summed E-state index contributed by atoms with van der Waals surface area (Å²) in [5, 5.41) is 4.84. The van der Waals surface area contributed by atoms with Crippen LogP contribution in [0, 0.1) is 0 Å². The van der Waals surface area contributed by atoms with Crippen molar-refractivity contribution in [3.8, 4) is 0 Å². The molecule has 1 aliphatic heterocycles. The Balaban J connectivity index is 1.56. The number of fused-ring (bicyclic) bond motifs is 3. The number of hydrogen-bond donors (Lipinski definition) is 1. The van der Waals surface area contributed by atoms with E-state index >= 15 is 0 Å². The zero-order valence-electron chi connectivity index (χ0n) is 18.7. The van der Waals surface area contributed by atoms with Gasteiger partial charge in [-0.05, 0) is 30.7 Å². The summed E-state index contributed by atoms with van der Waals surface area (Å²) >= 11 is 0. The maximum absolute atomic E-state index is 13.7. The van der Waals surface area contributed by atoms with E-state index in [9.17, 15) is 18.0 Å². The molecular formula is C23H20F3N7O2. The molecule has 0 bridgehead atoms. The van der Waals surface area contributed by atoms with Gasteiger partial charge in [-0.15, -0.1) is 0 Å². The van der Waals surface area contributed by atoms with Gasteiger partial charge >= 0.3 is 6.18 Å². The summed E-state index contributed by atoms with van der Waals surface area (Å²) in [4.78, 5) is 27.8. The molecule has 0 spiro atoms. The highest BCUT2D eigenvalue weighted by molar-refractivity contribution is 6.07. The van der Waals surface area contributed by atoms with Crippen molar-refractivity contribution in [3.05, 3.63) is 71.1 Å². The molecule has 12 heteroatoms. The average molecular weight is 483 g/mol. The van der Waals surface area contributed by atoms with Crippen LogP contribution in [0.5, 0.6) is 0 Å². The molecule has 2 N–H and O–H groups in total. The summed E-state index contributed by atoms with van der Waals surface area (Å²) in [7, 11) is 1.70. The Morgan fingerprint density at radius 2 is 1.94 bits per heavy atom. The first-order valence-corrected chi connectivity index (χ1v) is 10.6. The Labute approximate surface area is 197 Å². The van der Waals surface area contributed by atoms with Crippen molar-refractivity contribution in [2.24, 2.45) is 7.05 Å². The SMILES string of the molecule is CC(c1ccc(C(F)(F)F)cn1)N(C(=O)c1cc2c3c(c(N)nc2cn1)COC3)c1cnn(C)c1. The highest BCUT2D eigenvalue weighted by Crippen LogP contribution is 2.34. The zero-order valence-corrected chi connectivity index (χ0v) is 18.7. The summed E-state index contributed by atoms with van der Waals surface area (Å²) in [6.07, 6.45) is 0.843. The Bertz CT molecular complexity index is 1430. The minimum atomic E-state index is -4.51. The Morgan fingerprint density at radius 1 is 1.17 bits per heavy atom. The maximum atomic E-state index is 13.7. The fraction of sp³-hybridized carbons (Fsp3) is 0.261. The smallest absolute Gasteiger partial charge is 0.383 e. The molecule has 1 unspecified atom stereocenters. The van der Waals surface area contributed by atoms with Crippen molar-refractivity contribution in [2.45, 2.75) is 32.4 Å². The normalized spacial score (nSPS) is 14.2. The monoisotopic (exact) mass is 483 g/mol. The van der Waals surface area contributed by atoms with Crippen molar-refractivity contribution in [2.75, 3.05) is 10.6 Å². The second-order valence-corrected chi connectivity index (χ2v) is 8.23. The third kappa shape index (κ3) is 4.05. The van der Waals surface area contributed by atoms with Crippen LogP contribution in [-0.4, -0.2) is 30.6 Å². The van der Waals surface area contributed by atoms with Crippen molar-refractivity contribution in [1.29, 1.82) is 0 Å². The lowest BCUT2D eigenvalue weighted by Crippen LogP contribution is -2.34. The van der Waals surface area contributed by atoms with Gasteiger partial charge in [0.2, 0.25) is 0 Å². The fourth-order valence-electron chi connectivity index (χ4n) is 4.12. The second kappa shape index (κ2) is 8.31. The van der Waals surface area contributed by atoms with Crippen LogP contribution in [0.2, 0.25) is 0 Å². The molecule has 1 aliphatic rings. The number of amides is 1. The second-order valence-electron chi connectivity index (χ2n) is 8.23. The average Bonchev–Trinajstić information content (AvgIpc) is 3.48. The summed E-state index contributed by atoms with van der Waals surface area (Å²) in [5.41, 5.74) is 8.18. The number of rotatable bonds is 4. The van der Waals surface area contributed by atoms with Gasteiger partial charge in [0.05, 0.1) is 54.1 Å². The number of carbonyl (C=O) groups is 1. The molecule has 180 valence electrons. The van der Waals surface area contributed by atoms with Crippen molar-refractivity contribution >= 4 is 28.3 Å². The number of nitrogens with two attached hydrogens (primary N) is 1. The quantitative estimate of drug-likeness (QED) is 0.470. The minimum Gasteiger partial charge on any atom is -0.383 e. The van der Waals surface area contributed by atoms with Crippen LogP contribution < -0.4 is 10.6 Å². The summed E-state index contributed by atoms with van der Waals surface area (Å²) in [5.74, 6) is -0.108. The number of carbonyl (C=O) groups excluding carboxylic acids is 1. The third-order valence-corrected chi connectivity index (χ3v) is 5.95.